The molecule has 1 unspecified atom stereocenters. The van der Waals surface area contributed by atoms with Crippen molar-refractivity contribution in [3.05, 3.63) is 29.8 Å². The number of carbonyl (C=O) groups is 2. The van der Waals surface area contributed by atoms with Gasteiger partial charge in [0.1, 0.15) is 11.3 Å². The van der Waals surface area contributed by atoms with Crippen molar-refractivity contribution in [1.82, 2.24) is 10.6 Å². The molecule has 1 aliphatic heterocycles. The summed E-state index contributed by atoms with van der Waals surface area (Å²) in [5, 5.41) is 14.5. The van der Waals surface area contributed by atoms with Gasteiger partial charge < -0.3 is 10.4 Å². The van der Waals surface area contributed by atoms with Crippen molar-refractivity contribution >= 4 is 11.9 Å². The third kappa shape index (κ3) is 1.32. The van der Waals surface area contributed by atoms with Gasteiger partial charge in [-0.25, -0.2) is 4.79 Å². The standard InChI is InChI=1S/C11H12N2O3/c1-2-11(9(15)12-10(16)13-11)7-5-3-4-6-8(7)14/h3-6,14H,2H2,1H3,(H2,12,13,15,16). The monoisotopic (exact) mass is 220 g/mol. The smallest absolute Gasteiger partial charge is 0.322 e. The largest absolute Gasteiger partial charge is 0.508 e. The Morgan fingerprint density at radius 3 is 2.50 bits per heavy atom. The molecule has 1 saturated heterocycles. The van der Waals surface area contributed by atoms with E-state index in [9.17, 15) is 14.7 Å². The molecular formula is C11H12N2O3. The van der Waals surface area contributed by atoms with Crippen LogP contribution < -0.4 is 10.6 Å². The molecule has 1 aromatic rings. The summed E-state index contributed by atoms with van der Waals surface area (Å²) in [5.41, 5.74) is -0.733. The first kappa shape index (κ1) is 10.5. The Morgan fingerprint density at radius 1 is 1.31 bits per heavy atom. The molecule has 84 valence electrons. The highest BCUT2D eigenvalue weighted by atomic mass is 16.3. The van der Waals surface area contributed by atoms with Crippen LogP contribution in [0, 0.1) is 0 Å². The molecule has 16 heavy (non-hydrogen) atoms. The summed E-state index contributed by atoms with van der Waals surface area (Å²) in [5.74, 6) is -0.428. The number of para-hydroxylation sites is 1. The molecule has 1 heterocycles. The molecule has 0 spiro atoms. The number of aromatic hydroxyl groups is 1. The van der Waals surface area contributed by atoms with E-state index in [0.717, 1.165) is 0 Å². The van der Waals surface area contributed by atoms with E-state index in [4.69, 9.17) is 0 Å². The lowest BCUT2D eigenvalue weighted by Crippen LogP contribution is -2.43. The summed E-state index contributed by atoms with van der Waals surface area (Å²) >= 11 is 0. The minimum absolute atomic E-state index is 0.00157. The molecule has 1 aliphatic rings. The molecule has 0 bridgehead atoms. The van der Waals surface area contributed by atoms with Crippen LogP contribution in [0.15, 0.2) is 24.3 Å². The van der Waals surface area contributed by atoms with Crippen LogP contribution in [0.5, 0.6) is 5.75 Å². The second kappa shape index (κ2) is 3.52. The first-order chi connectivity index (χ1) is 7.60. The maximum atomic E-state index is 11.8. The van der Waals surface area contributed by atoms with E-state index < -0.39 is 17.5 Å². The van der Waals surface area contributed by atoms with E-state index in [1.165, 1.54) is 6.07 Å². The third-order valence-electron chi connectivity index (χ3n) is 2.84. The third-order valence-corrected chi connectivity index (χ3v) is 2.84. The van der Waals surface area contributed by atoms with Crippen LogP contribution in [0.2, 0.25) is 0 Å². The quantitative estimate of drug-likeness (QED) is 0.646. The molecule has 3 amide bonds. The Morgan fingerprint density at radius 2 is 2.00 bits per heavy atom. The summed E-state index contributed by atoms with van der Waals surface area (Å²) in [7, 11) is 0. The summed E-state index contributed by atoms with van der Waals surface area (Å²) < 4.78 is 0. The highest BCUT2D eigenvalue weighted by molar-refractivity contribution is 6.07. The van der Waals surface area contributed by atoms with Crippen molar-refractivity contribution in [3.8, 4) is 5.75 Å². The van der Waals surface area contributed by atoms with Gasteiger partial charge in [-0.05, 0) is 12.5 Å². The number of phenolic OH excluding ortho intramolecular Hbond substituents is 1. The number of hydrogen-bond acceptors (Lipinski definition) is 3. The molecule has 0 aromatic heterocycles. The van der Waals surface area contributed by atoms with Gasteiger partial charge in [0, 0.05) is 5.56 Å². The summed E-state index contributed by atoms with van der Waals surface area (Å²) in [6.45, 7) is 1.78. The molecule has 0 radical (unpaired) electrons. The number of nitrogens with one attached hydrogen (secondary N) is 2. The van der Waals surface area contributed by atoms with Crippen LogP contribution in [0.25, 0.3) is 0 Å². The number of hydrogen-bond donors (Lipinski definition) is 3. The Balaban J connectivity index is 2.55. The van der Waals surface area contributed by atoms with Crippen LogP contribution in [-0.2, 0) is 10.3 Å². The fourth-order valence-corrected chi connectivity index (χ4v) is 1.96. The zero-order valence-electron chi connectivity index (χ0n) is 8.78. The predicted molar refractivity (Wildman–Crippen MR) is 56.8 cm³/mol. The lowest BCUT2D eigenvalue weighted by atomic mass is 9.87. The number of imide groups is 1. The molecule has 5 nitrogen and oxygen atoms in total. The van der Waals surface area contributed by atoms with Crippen molar-refractivity contribution in [2.24, 2.45) is 0 Å². The first-order valence-electron chi connectivity index (χ1n) is 5.02. The lowest BCUT2D eigenvalue weighted by molar-refractivity contribution is -0.124. The Kier molecular flexibility index (Phi) is 2.30. The molecule has 3 N–H and O–H groups in total. The van der Waals surface area contributed by atoms with Crippen LogP contribution in [0.4, 0.5) is 4.79 Å². The van der Waals surface area contributed by atoms with Crippen molar-refractivity contribution in [3.63, 3.8) is 0 Å². The fraction of sp³-hybridized carbons (Fsp3) is 0.273. The number of carbonyl (C=O) groups excluding carboxylic acids is 2. The van der Waals surface area contributed by atoms with Gasteiger partial charge in [-0.3, -0.25) is 10.1 Å². The van der Waals surface area contributed by atoms with Gasteiger partial charge in [0.05, 0.1) is 0 Å². The van der Waals surface area contributed by atoms with Crippen molar-refractivity contribution < 1.29 is 14.7 Å². The van der Waals surface area contributed by atoms with Crippen molar-refractivity contribution in [2.75, 3.05) is 0 Å². The molecule has 5 heteroatoms. The van der Waals surface area contributed by atoms with E-state index in [0.29, 0.717) is 12.0 Å². The molecule has 0 aliphatic carbocycles. The van der Waals surface area contributed by atoms with Crippen molar-refractivity contribution in [2.45, 2.75) is 18.9 Å². The topological polar surface area (TPSA) is 78.4 Å². The minimum atomic E-state index is -1.15. The average Bonchev–Trinajstić information content (AvgIpc) is 2.55. The van der Waals surface area contributed by atoms with Gasteiger partial charge >= 0.3 is 6.03 Å². The Bertz CT molecular complexity index is 458. The normalized spacial score (nSPS) is 24.1. The summed E-state index contributed by atoms with van der Waals surface area (Å²) in [6, 6.07) is 5.96. The van der Waals surface area contributed by atoms with E-state index in [2.05, 4.69) is 10.6 Å². The average molecular weight is 220 g/mol. The van der Waals surface area contributed by atoms with E-state index in [1.54, 1.807) is 25.1 Å². The molecule has 0 saturated carbocycles. The zero-order valence-corrected chi connectivity index (χ0v) is 8.78. The Hall–Kier alpha value is -2.04. The van der Waals surface area contributed by atoms with Gasteiger partial charge in [-0.2, -0.15) is 0 Å². The zero-order chi connectivity index (χ0) is 11.8. The van der Waals surface area contributed by atoms with Crippen molar-refractivity contribution in [1.29, 1.82) is 0 Å². The number of amides is 3. The van der Waals surface area contributed by atoms with Gasteiger partial charge in [0.2, 0.25) is 0 Å². The van der Waals surface area contributed by atoms with Gasteiger partial charge in [0.25, 0.3) is 5.91 Å². The second-order valence-electron chi connectivity index (χ2n) is 3.68. The van der Waals surface area contributed by atoms with E-state index in [-0.39, 0.29) is 5.75 Å². The number of rotatable bonds is 2. The van der Waals surface area contributed by atoms with Crippen LogP contribution in [0.3, 0.4) is 0 Å². The number of phenols is 1. The maximum absolute atomic E-state index is 11.8. The molecular weight excluding hydrogens is 208 g/mol. The predicted octanol–water partition coefficient (Wildman–Crippen LogP) is 0.837. The number of urea groups is 1. The van der Waals surface area contributed by atoms with E-state index in [1.807, 2.05) is 0 Å². The minimum Gasteiger partial charge on any atom is -0.508 e. The van der Waals surface area contributed by atoms with Gasteiger partial charge in [-0.1, -0.05) is 25.1 Å². The summed E-state index contributed by atoms with van der Waals surface area (Å²) in [4.78, 5) is 23.0. The summed E-state index contributed by atoms with van der Waals surface area (Å²) in [6.07, 6.45) is 0.377. The number of benzene rings is 1. The molecule has 2 rings (SSSR count). The first-order valence-corrected chi connectivity index (χ1v) is 5.02. The molecule has 1 aromatic carbocycles. The fourth-order valence-electron chi connectivity index (χ4n) is 1.96. The molecule has 1 fully saturated rings. The SMILES string of the molecule is CCC1(c2ccccc2O)NC(=O)NC1=O. The van der Waals surface area contributed by atoms with Gasteiger partial charge in [-0.15, -0.1) is 0 Å². The lowest BCUT2D eigenvalue weighted by Gasteiger charge is -2.25. The highest BCUT2D eigenvalue weighted by Crippen LogP contribution is 2.34. The molecule has 1 atom stereocenters. The van der Waals surface area contributed by atoms with Gasteiger partial charge in [0.15, 0.2) is 0 Å². The maximum Gasteiger partial charge on any atom is 0.322 e. The second-order valence-corrected chi connectivity index (χ2v) is 3.68. The highest BCUT2D eigenvalue weighted by Gasteiger charge is 2.47. The van der Waals surface area contributed by atoms with Crippen LogP contribution in [0.1, 0.15) is 18.9 Å². The Labute approximate surface area is 92.5 Å². The van der Waals surface area contributed by atoms with Crippen LogP contribution in [-0.4, -0.2) is 17.0 Å². The van der Waals surface area contributed by atoms with E-state index >= 15 is 0 Å². The van der Waals surface area contributed by atoms with Crippen LogP contribution >= 0.6 is 0 Å².